The van der Waals surface area contributed by atoms with Gasteiger partial charge in [0.15, 0.2) is 11.5 Å². The van der Waals surface area contributed by atoms with Gasteiger partial charge in [-0.25, -0.2) is 9.59 Å². The zero-order chi connectivity index (χ0) is 23.1. The molecule has 170 valence electrons. The predicted molar refractivity (Wildman–Crippen MR) is 115 cm³/mol. The molecule has 2 aromatic carbocycles. The van der Waals surface area contributed by atoms with Crippen LogP contribution in [0.1, 0.15) is 25.5 Å². The van der Waals surface area contributed by atoms with Gasteiger partial charge in [0.25, 0.3) is 0 Å². The number of benzene rings is 2. The van der Waals surface area contributed by atoms with Crippen LogP contribution < -0.4 is 19.5 Å². The average molecular weight is 443 g/mol. The van der Waals surface area contributed by atoms with Gasteiger partial charge in [0, 0.05) is 28.8 Å². The molecule has 0 radical (unpaired) electrons. The lowest BCUT2D eigenvalue weighted by Crippen LogP contribution is -2.28. The zero-order valence-electron chi connectivity index (χ0n) is 17.7. The van der Waals surface area contributed by atoms with Crippen LogP contribution in [0.4, 0.5) is 10.5 Å². The minimum atomic E-state index is -1.12. The first-order valence-corrected chi connectivity index (χ1v) is 9.92. The Kier molecular flexibility index (Phi) is 7.21. The summed E-state index contributed by atoms with van der Waals surface area (Å²) < 4.78 is 22.0. The number of amides is 1. The molecule has 9 nitrogen and oxygen atoms in total. The molecule has 1 aliphatic heterocycles. The molecule has 0 fully saturated rings. The molecule has 9 heteroatoms. The smallest absolute Gasteiger partial charge is 0.412 e. The fourth-order valence-electron chi connectivity index (χ4n) is 3.20. The summed E-state index contributed by atoms with van der Waals surface area (Å²) in [6, 6.07) is 11.9. The lowest BCUT2D eigenvalue weighted by atomic mass is 9.81. The van der Waals surface area contributed by atoms with Crippen molar-refractivity contribution in [2.24, 2.45) is 5.41 Å². The maximum atomic E-state index is 12.8. The van der Waals surface area contributed by atoms with E-state index in [9.17, 15) is 9.59 Å². The Bertz CT molecular complexity index is 1000. The van der Waals surface area contributed by atoms with Crippen molar-refractivity contribution in [3.8, 4) is 17.2 Å². The largest absolute Gasteiger partial charge is 0.491 e. The summed E-state index contributed by atoms with van der Waals surface area (Å²) in [7, 11) is 0. The number of aliphatic hydroxyl groups is 1. The van der Waals surface area contributed by atoms with Gasteiger partial charge in [0.05, 0.1) is 6.61 Å². The van der Waals surface area contributed by atoms with E-state index < -0.39 is 23.6 Å². The molecule has 1 amide bonds. The lowest BCUT2D eigenvalue weighted by molar-refractivity contribution is -0.131. The Balaban J connectivity index is 1.87. The van der Waals surface area contributed by atoms with Crippen LogP contribution >= 0.6 is 0 Å². The SMILES string of the molecule is CC(C)(/C=C/C(=O)O)[C@@H](OC(=O)Nc1ccc2c(c1)OCO2)c1ccccc1OCCO. The van der Waals surface area contributed by atoms with E-state index >= 15 is 0 Å². The Morgan fingerprint density at radius 1 is 1.19 bits per heavy atom. The second-order valence-corrected chi connectivity index (χ2v) is 7.58. The molecule has 0 saturated carbocycles. The summed E-state index contributed by atoms with van der Waals surface area (Å²) in [6.45, 7) is 3.47. The van der Waals surface area contributed by atoms with Crippen LogP contribution in [-0.2, 0) is 9.53 Å². The van der Waals surface area contributed by atoms with E-state index in [-0.39, 0.29) is 20.0 Å². The van der Waals surface area contributed by atoms with Crippen molar-refractivity contribution in [1.82, 2.24) is 0 Å². The maximum absolute atomic E-state index is 12.8. The summed E-state index contributed by atoms with van der Waals surface area (Å²) in [5.74, 6) is 0.384. The Morgan fingerprint density at radius 2 is 1.94 bits per heavy atom. The molecule has 0 bridgehead atoms. The number of anilines is 1. The van der Waals surface area contributed by atoms with Gasteiger partial charge in [-0.3, -0.25) is 5.32 Å². The van der Waals surface area contributed by atoms with Gasteiger partial charge < -0.3 is 29.2 Å². The normalized spacial score (nSPS) is 13.6. The van der Waals surface area contributed by atoms with Gasteiger partial charge in [-0.1, -0.05) is 38.1 Å². The highest BCUT2D eigenvalue weighted by atomic mass is 16.7. The first-order valence-electron chi connectivity index (χ1n) is 9.92. The molecule has 0 aromatic heterocycles. The standard InChI is InChI=1S/C23H25NO8/c1-23(2,10-9-20(26)27)21(16-5-3-4-6-17(16)29-12-11-25)32-22(28)24-15-7-8-18-19(13-15)31-14-30-18/h3-10,13,21,25H,11-12,14H2,1-2H3,(H,24,28)(H,26,27)/b10-9+/t21-/m0/s1. The van der Waals surface area contributed by atoms with Crippen LogP contribution in [0.15, 0.2) is 54.6 Å². The number of fused-ring (bicyclic) bond motifs is 1. The second kappa shape index (κ2) is 10.1. The van der Waals surface area contributed by atoms with Crippen LogP contribution in [0.5, 0.6) is 17.2 Å². The van der Waals surface area contributed by atoms with Crippen LogP contribution in [-0.4, -0.2) is 42.3 Å². The van der Waals surface area contributed by atoms with Crippen molar-refractivity contribution in [3.63, 3.8) is 0 Å². The number of hydrogen-bond donors (Lipinski definition) is 3. The number of carboxylic acids is 1. The summed E-state index contributed by atoms with van der Waals surface area (Å²) in [5.41, 5.74) is 0.0621. The van der Waals surface area contributed by atoms with Gasteiger partial charge in [0.2, 0.25) is 6.79 Å². The number of hydrogen-bond acceptors (Lipinski definition) is 7. The lowest BCUT2D eigenvalue weighted by Gasteiger charge is -2.32. The van der Waals surface area contributed by atoms with Crippen molar-refractivity contribution in [2.75, 3.05) is 25.3 Å². The molecule has 0 aliphatic carbocycles. The number of rotatable bonds is 9. The van der Waals surface area contributed by atoms with Gasteiger partial charge in [-0.15, -0.1) is 0 Å². The van der Waals surface area contributed by atoms with Gasteiger partial charge in [-0.05, 0) is 18.2 Å². The number of carboxylic acid groups (broad SMARTS) is 1. The molecule has 1 aliphatic rings. The van der Waals surface area contributed by atoms with Gasteiger partial charge in [-0.2, -0.15) is 0 Å². The Hall–Kier alpha value is -3.72. The summed E-state index contributed by atoms with van der Waals surface area (Å²) in [5, 5.41) is 20.8. The summed E-state index contributed by atoms with van der Waals surface area (Å²) in [4.78, 5) is 23.9. The van der Waals surface area contributed by atoms with Crippen molar-refractivity contribution >= 4 is 17.7 Å². The molecular weight excluding hydrogens is 418 g/mol. The van der Waals surface area contributed by atoms with Crippen LogP contribution in [0.2, 0.25) is 0 Å². The number of carbonyl (C=O) groups is 2. The summed E-state index contributed by atoms with van der Waals surface area (Å²) in [6.07, 6.45) is 0.810. The molecule has 0 unspecified atom stereocenters. The Morgan fingerprint density at radius 3 is 2.69 bits per heavy atom. The molecule has 3 rings (SSSR count). The minimum Gasteiger partial charge on any atom is -0.491 e. The molecular formula is C23H25NO8. The number of nitrogens with one attached hydrogen (secondary N) is 1. The number of carbonyl (C=O) groups excluding carboxylic acids is 1. The van der Waals surface area contributed by atoms with E-state index in [1.165, 1.54) is 6.08 Å². The highest BCUT2D eigenvalue weighted by Crippen LogP contribution is 2.42. The van der Waals surface area contributed by atoms with E-state index in [0.717, 1.165) is 6.08 Å². The number of para-hydroxylation sites is 1. The monoisotopic (exact) mass is 443 g/mol. The Labute approximate surface area is 185 Å². The molecule has 1 heterocycles. The van der Waals surface area contributed by atoms with E-state index in [4.69, 9.17) is 29.2 Å². The highest BCUT2D eigenvalue weighted by Gasteiger charge is 2.34. The van der Waals surface area contributed by atoms with E-state index in [1.807, 2.05) is 0 Å². The van der Waals surface area contributed by atoms with E-state index in [0.29, 0.717) is 28.5 Å². The van der Waals surface area contributed by atoms with Crippen molar-refractivity contribution in [3.05, 3.63) is 60.2 Å². The maximum Gasteiger partial charge on any atom is 0.412 e. The van der Waals surface area contributed by atoms with Crippen LogP contribution in [0, 0.1) is 5.41 Å². The second-order valence-electron chi connectivity index (χ2n) is 7.58. The van der Waals surface area contributed by atoms with Crippen molar-refractivity contribution < 1.29 is 38.7 Å². The first-order chi connectivity index (χ1) is 15.3. The molecule has 1 atom stereocenters. The summed E-state index contributed by atoms with van der Waals surface area (Å²) >= 11 is 0. The molecule has 0 spiro atoms. The van der Waals surface area contributed by atoms with E-state index in [2.05, 4.69) is 5.32 Å². The third-order valence-corrected chi connectivity index (χ3v) is 4.73. The number of aliphatic hydroxyl groups excluding tert-OH is 1. The van der Waals surface area contributed by atoms with Gasteiger partial charge in [0.1, 0.15) is 18.5 Å². The molecule has 3 N–H and O–H groups in total. The van der Waals surface area contributed by atoms with Crippen LogP contribution in [0.25, 0.3) is 0 Å². The van der Waals surface area contributed by atoms with E-state index in [1.54, 1.807) is 56.3 Å². The third kappa shape index (κ3) is 5.70. The molecule has 32 heavy (non-hydrogen) atoms. The molecule has 2 aromatic rings. The minimum absolute atomic E-state index is 0.0541. The molecule has 0 saturated heterocycles. The average Bonchev–Trinajstić information content (AvgIpc) is 3.23. The quantitative estimate of drug-likeness (QED) is 0.501. The number of ether oxygens (including phenoxy) is 4. The topological polar surface area (TPSA) is 124 Å². The first kappa shape index (κ1) is 23.0. The third-order valence-electron chi connectivity index (χ3n) is 4.73. The predicted octanol–water partition coefficient (Wildman–Crippen LogP) is 3.74. The number of aliphatic carboxylic acids is 1. The van der Waals surface area contributed by atoms with Crippen molar-refractivity contribution in [2.45, 2.75) is 20.0 Å². The fraction of sp³-hybridized carbons (Fsp3) is 0.304. The van der Waals surface area contributed by atoms with Gasteiger partial charge >= 0.3 is 12.1 Å². The van der Waals surface area contributed by atoms with Crippen molar-refractivity contribution in [1.29, 1.82) is 0 Å². The van der Waals surface area contributed by atoms with Crippen LogP contribution in [0.3, 0.4) is 0 Å². The zero-order valence-corrected chi connectivity index (χ0v) is 17.7. The highest BCUT2D eigenvalue weighted by molar-refractivity contribution is 5.85. The fourth-order valence-corrected chi connectivity index (χ4v) is 3.20.